The number of piperidine rings is 1. The predicted octanol–water partition coefficient (Wildman–Crippen LogP) is 2.47. The first-order valence-electron chi connectivity index (χ1n) is 9.33. The summed E-state index contributed by atoms with van der Waals surface area (Å²) in [5, 5.41) is 7.13. The minimum Gasteiger partial charge on any atom is -0.371 e. The molecule has 2 aromatic rings. The zero-order chi connectivity index (χ0) is 19.6. The van der Waals surface area contributed by atoms with E-state index in [-0.39, 0.29) is 12.5 Å². The smallest absolute Gasteiger partial charge is 0.250 e. The average molecular weight is 369 g/mol. The highest BCUT2D eigenvalue weighted by Gasteiger charge is 2.21. The van der Waals surface area contributed by atoms with Crippen LogP contribution >= 0.6 is 0 Å². The molecule has 1 aromatic heterocycles. The van der Waals surface area contributed by atoms with Gasteiger partial charge < -0.3 is 16.0 Å². The highest BCUT2D eigenvalue weighted by atomic mass is 16.2. The molecule has 1 unspecified atom stereocenters. The van der Waals surface area contributed by atoms with Crippen LogP contribution in [0.25, 0.3) is 0 Å². The molecule has 2 amide bonds. The molecular formula is C20H27N5O2. The van der Waals surface area contributed by atoms with Crippen molar-refractivity contribution in [2.24, 2.45) is 11.7 Å². The van der Waals surface area contributed by atoms with Gasteiger partial charge in [-0.2, -0.15) is 5.10 Å². The van der Waals surface area contributed by atoms with Gasteiger partial charge in [-0.15, -0.1) is 0 Å². The third-order valence-corrected chi connectivity index (χ3v) is 4.94. The van der Waals surface area contributed by atoms with Gasteiger partial charge in [0.15, 0.2) is 0 Å². The number of amides is 2. The Labute approximate surface area is 159 Å². The zero-order valence-electron chi connectivity index (χ0n) is 16.2. The van der Waals surface area contributed by atoms with Gasteiger partial charge in [0.1, 0.15) is 6.54 Å². The van der Waals surface area contributed by atoms with Crippen LogP contribution in [0.15, 0.2) is 24.3 Å². The fraction of sp³-hybridized carbons (Fsp3) is 0.450. The van der Waals surface area contributed by atoms with E-state index in [1.165, 1.54) is 6.42 Å². The maximum Gasteiger partial charge on any atom is 0.250 e. The summed E-state index contributed by atoms with van der Waals surface area (Å²) in [4.78, 5) is 26.6. The lowest BCUT2D eigenvalue weighted by Gasteiger charge is -2.33. The van der Waals surface area contributed by atoms with Crippen LogP contribution in [0.3, 0.4) is 0 Å². The quantitative estimate of drug-likeness (QED) is 0.847. The molecule has 0 aliphatic carbocycles. The molecule has 27 heavy (non-hydrogen) atoms. The number of aromatic nitrogens is 2. The number of carbonyl (C=O) groups is 2. The van der Waals surface area contributed by atoms with E-state index < -0.39 is 5.91 Å². The van der Waals surface area contributed by atoms with Crippen LogP contribution in [0.1, 0.15) is 41.5 Å². The molecular weight excluding hydrogens is 342 g/mol. The Morgan fingerprint density at radius 3 is 2.70 bits per heavy atom. The summed E-state index contributed by atoms with van der Waals surface area (Å²) in [6.07, 6.45) is 2.29. The van der Waals surface area contributed by atoms with Crippen molar-refractivity contribution in [2.75, 3.05) is 23.3 Å². The summed E-state index contributed by atoms with van der Waals surface area (Å²) < 4.78 is 1.66. The number of hydrogen-bond acceptors (Lipinski definition) is 4. The van der Waals surface area contributed by atoms with Gasteiger partial charge >= 0.3 is 0 Å². The lowest BCUT2D eigenvalue weighted by Crippen LogP contribution is -2.35. The van der Waals surface area contributed by atoms with Crippen LogP contribution in [0.4, 0.5) is 11.4 Å². The molecule has 1 aromatic carbocycles. The largest absolute Gasteiger partial charge is 0.371 e. The molecule has 3 rings (SSSR count). The number of primary amides is 1. The van der Waals surface area contributed by atoms with Crippen molar-refractivity contribution in [3.05, 3.63) is 41.2 Å². The summed E-state index contributed by atoms with van der Waals surface area (Å²) in [6.45, 7) is 7.95. The van der Waals surface area contributed by atoms with Crippen molar-refractivity contribution in [1.29, 1.82) is 0 Å². The highest BCUT2D eigenvalue weighted by molar-refractivity contribution is 6.01. The van der Waals surface area contributed by atoms with Gasteiger partial charge in [-0.05, 0) is 56.9 Å². The van der Waals surface area contributed by atoms with E-state index in [1.807, 2.05) is 32.0 Å². The van der Waals surface area contributed by atoms with Crippen molar-refractivity contribution >= 4 is 23.2 Å². The number of benzene rings is 1. The summed E-state index contributed by atoms with van der Waals surface area (Å²) in [7, 11) is 0. The van der Waals surface area contributed by atoms with Crippen LogP contribution < -0.4 is 16.0 Å². The Hall–Kier alpha value is -2.83. The van der Waals surface area contributed by atoms with Gasteiger partial charge in [-0.25, -0.2) is 0 Å². The van der Waals surface area contributed by atoms with Crippen molar-refractivity contribution in [2.45, 2.75) is 40.2 Å². The van der Waals surface area contributed by atoms with E-state index in [4.69, 9.17) is 5.73 Å². The van der Waals surface area contributed by atoms with E-state index in [9.17, 15) is 9.59 Å². The lowest BCUT2D eigenvalue weighted by atomic mass is 9.98. The van der Waals surface area contributed by atoms with Crippen molar-refractivity contribution in [3.63, 3.8) is 0 Å². The van der Waals surface area contributed by atoms with Crippen LogP contribution in [0, 0.1) is 19.8 Å². The van der Waals surface area contributed by atoms with Gasteiger partial charge in [0, 0.05) is 30.2 Å². The fourth-order valence-corrected chi connectivity index (χ4v) is 3.67. The monoisotopic (exact) mass is 369 g/mol. The number of hydrogen-bond donors (Lipinski definition) is 2. The normalized spacial score (nSPS) is 17.0. The number of carbonyl (C=O) groups excluding carboxylic acids is 2. The standard InChI is InChI=1S/C20H27N5O2/c1-13-5-4-8-24(11-13)18-7-6-16(10-17(18)20(21)27)22-19(26)12-25-15(3)9-14(2)23-25/h6-7,9-10,13H,4-5,8,11-12H2,1-3H3,(H2,21,27)(H,22,26). The third kappa shape index (κ3) is 4.48. The van der Waals surface area contributed by atoms with Gasteiger partial charge in [0.2, 0.25) is 5.91 Å². The molecule has 3 N–H and O–H groups in total. The van der Waals surface area contributed by atoms with Crippen molar-refractivity contribution in [1.82, 2.24) is 9.78 Å². The Balaban J connectivity index is 1.76. The fourth-order valence-electron chi connectivity index (χ4n) is 3.67. The lowest BCUT2D eigenvalue weighted by molar-refractivity contribution is -0.116. The molecule has 1 fully saturated rings. The summed E-state index contributed by atoms with van der Waals surface area (Å²) in [6, 6.07) is 7.28. The van der Waals surface area contributed by atoms with Crippen LogP contribution in [0.2, 0.25) is 0 Å². The molecule has 7 heteroatoms. The summed E-state index contributed by atoms with van der Waals surface area (Å²) in [5.74, 6) is -0.103. The van der Waals surface area contributed by atoms with Gasteiger partial charge in [-0.1, -0.05) is 6.92 Å². The van der Waals surface area contributed by atoms with Gasteiger partial charge in [-0.3, -0.25) is 14.3 Å². The molecule has 7 nitrogen and oxygen atoms in total. The first-order chi connectivity index (χ1) is 12.8. The molecule has 1 saturated heterocycles. The van der Waals surface area contributed by atoms with Crippen LogP contribution in [-0.4, -0.2) is 34.7 Å². The van der Waals surface area contributed by atoms with Gasteiger partial charge in [0.25, 0.3) is 5.91 Å². The molecule has 0 radical (unpaired) electrons. The van der Waals surface area contributed by atoms with Crippen molar-refractivity contribution < 1.29 is 9.59 Å². The topological polar surface area (TPSA) is 93.3 Å². The molecule has 0 spiro atoms. The van der Waals surface area contributed by atoms with E-state index in [0.717, 1.165) is 36.6 Å². The molecule has 0 bridgehead atoms. The van der Waals surface area contributed by atoms with Gasteiger partial charge in [0.05, 0.1) is 11.3 Å². The first kappa shape index (κ1) is 18.9. The number of nitrogens with zero attached hydrogens (tertiary/aromatic N) is 3. The minimum atomic E-state index is -0.488. The summed E-state index contributed by atoms with van der Waals surface area (Å²) >= 11 is 0. The minimum absolute atomic E-state index is 0.122. The van der Waals surface area contributed by atoms with E-state index >= 15 is 0 Å². The second kappa shape index (κ2) is 7.82. The molecule has 1 atom stereocenters. The molecule has 1 aliphatic rings. The second-order valence-corrected chi connectivity index (χ2v) is 7.42. The average Bonchev–Trinajstić information content (AvgIpc) is 2.91. The maximum absolute atomic E-state index is 12.4. The first-order valence-corrected chi connectivity index (χ1v) is 9.33. The zero-order valence-corrected chi connectivity index (χ0v) is 16.2. The Kier molecular flexibility index (Phi) is 5.48. The number of aryl methyl sites for hydroxylation is 2. The molecule has 1 aliphatic heterocycles. The Morgan fingerprint density at radius 2 is 2.07 bits per heavy atom. The number of nitrogens with two attached hydrogens (primary N) is 1. The summed E-state index contributed by atoms with van der Waals surface area (Å²) in [5.41, 5.74) is 9.24. The van der Waals surface area contributed by atoms with E-state index in [1.54, 1.807) is 10.7 Å². The second-order valence-electron chi connectivity index (χ2n) is 7.42. The van der Waals surface area contributed by atoms with Crippen LogP contribution in [0.5, 0.6) is 0 Å². The number of anilines is 2. The molecule has 144 valence electrons. The van der Waals surface area contributed by atoms with Crippen LogP contribution in [-0.2, 0) is 11.3 Å². The molecule has 0 saturated carbocycles. The predicted molar refractivity (Wildman–Crippen MR) is 106 cm³/mol. The number of rotatable bonds is 5. The Morgan fingerprint density at radius 1 is 1.30 bits per heavy atom. The van der Waals surface area contributed by atoms with E-state index in [2.05, 4.69) is 22.2 Å². The number of nitrogens with one attached hydrogen (secondary N) is 1. The highest BCUT2D eigenvalue weighted by Crippen LogP contribution is 2.28. The van der Waals surface area contributed by atoms with E-state index in [0.29, 0.717) is 17.2 Å². The SMILES string of the molecule is Cc1cc(C)n(CC(=O)Nc2ccc(N3CCCC(C)C3)c(C(N)=O)c2)n1. The Bertz CT molecular complexity index is 858. The maximum atomic E-state index is 12.4. The van der Waals surface area contributed by atoms with Crippen molar-refractivity contribution in [3.8, 4) is 0 Å². The third-order valence-electron chi connectivity index (χ3n) is 4.94. The molecule has 2 heterocycles.